The van der Waals surface area contributed by atoms with Gasteiger partial charge in [-0.3, -0.25) is 9.98 Å². The summed E-state index contributed by atoms with van der Waals surface area (Å²) in [6.07, 6.45) is 3.54. The molecule has 1 aliphatic heterocycles. The molecule has 152 valence electrons. The third-order valence-corrected chi connectivity index (χ3v) is 5.04. The third kappa shape index (κ3) is 5.43. The SMILES string of the molecule is CN=C(NCc1ncccc1C)N1CCN(c2ncc(Br)c(OC)n2)CC1.I. The van der Waals surface area contributed by atoms with E-state index in [1.54, 1.807) is 13.3 Å². The number of aromatic nitrogens is 3. The van der Waals surface area contributed by atoms with Crippen LogP contribution in [0.25, 0.3) is 0 Å². The molecule has 2 aromatic rings. The van der Waals surface area contributed by atoms with Crippen LogP contribution in [-0.4, -0.2) is 66.1 Å². The minimum atomic E-state index is 0. The van der Waals surface area contributed by atoms with Crippen LogP contribution in [0.15, 0.2) is 34.0 Å². The van der Waals surface area contributed by atoms with Crippen LogP contribution in [0, 0.1) is 6.92 Å². The van der Waals surface area contributed by atoms with Gasteiger partial charge in [0.05, 0.1) is 30.0 Å². The monoisotopic (exact) mass is 561 g/mol. The van der Waals surface area contributed by atoms with Gasteiger partial charge >= 0.3 is 0 Å². The van der Waals surface area contributed by atoms with Crippen molar-refractivity contribution in [3.8, 4) is 5.88 Å². The molecule has 1 N–H and O–H groups in total. The Kier molecular flexibility index (Phi) is 8.67. The number of nitrogens with one attached hydrogen (secondary N) is 1. The van der Waals surface area contributed by atoms with Crippen molar-refractivity contribution < 1.29 is 4.74 Å². The van der Waals surface area contributed by atoms with E-state index in [0.717, 1.165) is 42.3 Å². The number of ether oxygens (including phenoxy) is 1. The van der Waals surface area contributed by atoms with E-state index in [4.69, 9.17) is 4.74 Å². The molecule has 0 radical (unpaired) electrons. The van der Waals surface area contributed by atoms with Crippen molar-refractivity contribution in [1.82, 2.24) is 25.2 Å². The van der Waals surface area contributed by atoms with Crippen LogP contribution >= 0.6 is 39.9 Å². The lowest BCUT2D eigenvalue weighted by atomic mass is 10.2. The Morgan fingerprint density at radius 1 is 1.29 bits per heavy atom. The second kappa shape index (κ2) is 10.7. The van der Waals surface area contributed by atoms with Crippen molar-refractivity contribution in [2.24, 2.45) is 4.99 Å². The molecule has 8 nitrogen and oxygen atoms in total. The van der Waals surface area contributed by atoms with Crippen molar-refractivity contribution in [2.75, 3.05) is 45.2 Å². The van der Waals surface area contributed by atoms with Gasteiger partial charge in [-0.25, -0.2) is 4.98 Å². The second-order valence-corrected chi connectivity index (χ2v) is 7.02. The Balaban J connectivity index is 0.00000280. The summed E-state index contributed by atoms with van der Waals surface area (Å²) in [5.41, 5.74) is 2.21. The molecule has 0 aliphatic carbocycles. The summed E-state index contributed by atoms with van der Waals surface area (Å²) in [6, 6.07) is 4.02. The highest BCUT2D eigenvalue weighted by Gasteiger charge is 2.22. The van der Waals surface area contributed by atoms with Crippen LogP contribution in [0.3, 0.4) is 0 Å². The molecular formula is C18H25BrIN7O. The van der Waals surface area contributed by atoms with Gasteiger partial charge in [0.15, 0.2) is 5.96 Å². The van der Waals surface area contributed by atoms with E-state index in [1.807, 2.05) is 19.3 Å². The predicted molar refractivity (Wildman–Crippen MR) is 125 cm³/mol. The fourth-order valence-electron chi connectivity index (χ4n) is 2.95. The quantitative estimate of drug-likeness (QED) is 0.349. The number of hydrogen-bond donors (Lipinski definition) is 1. The number of halogens is 2. The fraction of sp³-hybridized carbons (Fsp3) is 0.444. The summed E-state index contributed by atoms with van der Waals surface area (Å²) in [5, 5.41) is 3.41. The lowest BCUT2D eigenvalue weighted by Gasteiger charge is -2.36. The Hall–Kier alpha value is -1.69. The molecule has 3 rings (SSSR count). The van der Waals surface area contributed by atoms with Crippen molar-refractivity contribution >= 4 is 51.8 Å². The number of rotatable bonds is 4. The number of hydrogen-bond acceptors (Lipinski definition) is 6. The minimum Gasteiger partial charge on any atom is -0.480 e. The summed E-state index contributed by atoms with van der Waals surface area (Å²) in [4.78, 5) is 22.1. The van der Waals surface area contributed by atoms with Gasteiger partial charge in [0, 0.05) is 39.4 Å². The Morgan fingerprint density at radius 2 is 2.04 bits per heavy atom. The van der Waals surface area contributed by atoms with E-state index in [0.29, 0.717) is 18.4 Å². The zero-order valence-corrected chi connectivity index (χ0v) is 20.1. The maximum Gasteiger partial charge on any atom is 0.232 e. The van der Waals surface area contributed by atoms with Gasteiger partial charge in [-0.1, -0.05) is 6.07 Å². The van der Waals surface area contributed by atoms with E-state index >= 15 is 0 Å². The molecule has 1 saturated heterocycles. The van der Waals surface area contributed by atoms with Gasteiger partial charge in [-0.05, 0) is 34.5 Å². The number of anilines is 1. The fourth-order valence-corrected chi connectivity index (χ4v) is 3.31. The molecule has 3 heterocycles. The lowest BCUT2D eigenvalue weighted by molar-refractivity contribution is 0.366. The van der Waals surface area contributed by atoms with Crippen molar-refractivity contribution in [3.63, 3.8) is 0 Å². The van der Waals surface area contributed by atoms with Gasteiger partial charge in [-0.15, -0.1) is 24.0 Å². The van der Waals surface area contributed by atoms with E-state index < -0.39 is 0 Å². The average Bonchev–Trinajstić information content (AvgIpc) is 2.70. The van der Waals surface area contributed by atoms with Crippen LogP contribution in [0.2, 0.25) is 0 Å². The summed E-state index contributed by atoms with van der Waals surface area (Å²) in [7, 11) is 3.41. The molecule has 2 aromatic heterocycles. The van der Waals surface area contributed by atoms with Gasteiger partial charge in [0.2, 0.25) is 11.8 Å². The first-order chi connectivity index (χ1) is 13.1. The molecule has 0 spiro atoms. The molecule has 0 aromatic carbocycles. The smallest absolute Gasteiger partial charge is 0.232 e. The van der Waals surface area contributed by atoms with E-state index in [-0.39, 0.29) is 24.0 Å². The second-order valence-electron chi connectivity index (χ2n) is 6.17. The number of nitrogens with zero attached hydrogens (tertiary/aromatic N) is 6. The largest absolute Gasteiger partial charge is 0.480 e. The summed E-state index contributed by atoms with van der Waals surface area (Å²) in [5.74, 6) is 2.11. The highest BCUT2D eigenvalue weighted by Crippen LogP contribution is 2.23. The first kappa shape index (κ1) is 22.6. The topological polar surface area (TPSA) is 78.8 Å². The van der Waals surface area contributed by atoms with E-state index in [9.17, 15) is 0 Å². The number of aliphatic imine (C=N–C) groups is 1. The van der Waals surface area contributed by atoms with Crippen molar-refractivity contribution in [3.05, 3.63) is 40.3 Å². The van der Waals surface area contributed by atoms with Crippen LogP contribution in [0.1, 0.15) is 11.3 Å². The zero-order valence-electron chi connectivity index (χ0n) is 16.2. The Morgan fingerprint density at radius 3 is 2.68 bits per heavy atom. The standard InChI is InChI=1S/C18H24BrN7O.HI/c1-13-5-4-6-21-15(13)12-23-17(20-2)25-7-9-26(10-8-25)18-22-11-14(19)16(24-18)27-3;/h4-6,11H,7-10,12H2,1-3H3,(H,20,23);1H. The van der Waals surface area contributed by atoms with Crippen LogP contribution in [-0.2, 0) is 6.54 Å². The van der Waals surface area contributed by atoms with Crippen molar-refractivity contribution in [2.45, 2.75) is 13.5 Å². The van der Waals surface area contributed by atoms with Crippen molar-refractivity contribution in [1.29, 1.82) is 0 Å². The summed E-state index contributed by atoms with van der Waals surface area (Å²) < 4.78 is 6.02. The summed E-state index contributed by atoms with van der Waals surface area (Å²) in [6.45, 7) is 6.03. The number of piperazine rings is 1. The maximum atomic E-state index is 5.27. The number of aryl methyl sites for hydroxylation is 1. The van der Waals surface area contributed by atoms with Crippen LogP contribution < -0.4 is 15.0 Å². The van der Waals surface area contributed by atoms with Gasteiger partial charge < -0.3 is 19.9 Å². The highest BCUT2D eigenvalue weighted by atomic mass is 127. The Bertz CT molecular complexity index is 812. The third-order valence-electron chi connectivity index (χ3n) is 4.50. The van der Waals surface area contributed by atoms with Gasteiger partial charge in [-0.2, -0.15) is 4.98 Å². The molecule has 0 bridgehead atoms. The maximum absolute atomic E-state index is 5.27. The zero-order chi connectivity index (χ0) is 19.2. The predicted octanol–water partition coefficient (Wildman–Crippen LogP) is 2.47. The molecule has 1 fully saturated rings. The first-order valence-electron chi connectivity index (χ1n) is 8.80. The first-order valence-corrected chi connectivity index (χ1v) is 9.59. The lowest BCUT2D eigenvalue weighted by Crippen LogP contribution is -2.52. The molecule has 28 heavy (non-hydrogen) atoms. The Labute approximate surface area is 191 Å². The van der Waals surface area contributed by atoms with Gasteiger partial charge in [0.1, 0.15) is 0 Å². The molecule has 10 heteroatoms. The van der Waals surface area contributed by atoms with Gasteiger partial charge in [0.25, 0.3) is 0 Å². The average molecular weight is 562 g/mol. The normalized spacial score (nSPS) is 14.5. The van der Waals surface area contributed by atoms with E-state index in [2.05, 4.69) is 64.0 Å². The van der Waals surface area contributed by atoms with Crippen LogP contribution in [0.4, 0.5) is 5.95 Å². The number of pyridine rings is 1. The molecule has 0 amide bonds. The molecule has 0 unspecified atom stereocenters. The number of guanidine groups is 1. The molecule has 1 aliphatic rings. The molecule has 0 saturated carbocycles. The number of methoxy groups -OCH3 is 1. The minimum absolute atomic E-state index is 0. The molecule has 0 atom stereocenters. The highest BCUT2D eigenvalue weighted by molar-refractivity contribution is 14.0. The van der Waals surface area contributed by atoms with E-state index in [1.165, 1.54) is 5.56 Å². The summed E-state index contributed by atoms with van der Waals surface area (Å²) >= 11 is 3.39. The molecular weight excluding hydrogens is 537 g/mol. The van der Waals surface area contributed by atoms with Crippen LogP contribution in [0.5, 0.6) is 5.88 Å².